The molecule has 0 aromatic heterocycles. The van der Waals surface area contributed by atoms with Crippen LogP contribution in [0.1, 0.15) is 38.8 Å². The predicted molar refractivity (Wildman–Crippen MR) is 71.6 cm³/mol. The zero-order valence-electron chi connectivity index (χ0n) is 11.3. The van der Waals surface area contributed by atoms with Gasteiger partial charge in [0.1, 0.15) is 11.5 Å². The average molecular weight is 290 g/mol. The fourth-order valence-corrected chi connectivity index (χ4v) is 2.92. The normalized spacial score (nSPS) is 27.5. The highest BCUT2D eigenvalue weighted by molar-refractivity contribution is 6.24. The molecule has 4 N–H and O–H groups in total. The Morgan fingerprint density at radius 3 is 2.05 bits per heavy atom. The van der Waals surface area contributed by atoms with Gasteiger partial charge in [-0.1, -0.05) is 0 Å². The summed E-state index contributed by atoms with van der Waals surface area (Å²) in [6.45, 7) is 1.41. The lowest BCUT2D eigenvalue weighted by molar-refractivity contribution is -0.0668. The summed E-state index contributed by atoms with van der Waals surface area (Å²) in [7, 11) is 0. The number of carbonyl (C=O) groups excluding carboxylic acids is 2. The highest BCUT2D eigenvalue weighted by Gasteiger charge is 2.41. The number of allylic oxidation sites excluding steroid dienone is 2. The van der Waals surface area contributed by atoms with E-state index < -0.39 is 34.8 Å². The number of hydrogen-bond donors (Lipinski definition) is 4. The molecule has 6 heteroatoms. The molecule has 21 heavy (non-hydrogen) atoms. The number of hydrogen-bond acceptors (Lipinski definition) is 6. The van der Waals surface area contributed by atoms with Gasteiger partial charge < -0.3 is 20.4 Å². The van der Waals surface area contributed by atoms with E-state index in [2.05, 4.69) is 0 Å². The number of aromatic hydroxyl groups is 2. The largest absolute Gasteiger partial charge is 0.507 e. The van der Waals surface area contributed by atoms with Crippen LogP contribution in [-0.2, 0) is 12.8 Å². The van der Waals surface area contributed by atoms with Crippen molar-refractivity contribution in [3.63, 3.8) is 0 Å². The Bertz CT molecular complexity index is 714. The van der Waals surface area contributed by atoms with Gasteiger partial charge in [0.15, 0.2) is 11.6 Å². The van der Waals surface area contributed by atoms with Crippen LogP contribution >= 0.6 is 0 Å². The van der Waals surface area contributed by atoms with Gasteiger partial charge in [-0.25, -0.2) is 0 Å². The molecular formula is C15H14O6. The molecule has 0 saturated carbocycles. The summed E-state index contributed by atoms with van der Waals surface area (Å²) in [6.07, 6.45) is 0.692. The number of aliphatic hydroxyl groups excluding tert-OH is 1. The van der Waals surface area contributed by atoms with Crippen molar-refractivity contribution in [1.29, 1.82) is 0 Å². The number of rotatable bonds is 0. The fourth-order valence-electron chi connectivity index (χ4n) is 2.92. The van der Waals surface area contributed by atoms with Crippen LogP contribution < -0.4 is 0 Å². The quantitative estimate of drug-likeness (QED) is 0.509. The Balaban J connectivity index is 2.33. The minimum absolute atomic E-state index is 0.111. The van der Waals surface area contributed by atoms with Gasteiger partial charge in [0.25, 0.3) is 0 Å². The lowest BCUT2D eigenvalue weighted by atomic mass is 9.75. The Hall–Kier alpha value is -2.18. The number of phenolic OH excluding ortho intramolecular Hbond substituents is 2. The molecule has 0 heterocycles. The first kappa shape index (κ1) is 13.8. The molecule has 2 aliphatic rings. The topological polar surface area (TPSA) is 115 Å². The van der Waals surface area contributed by atoms with E-state index >= 15 is 0 Å². The molecule has 1 aromatic carbocycles. The average Bonchev–Trinajstić information content (AvgIpc) is 2.40. The van der Waals surface area contributed by atoms with E-state index in [0.29, 0.717) is 0 Å². The Labute approximate surface area is 120 Å². The SMILES string of the molecule is C[C@]1(O)Cc2c(O)c3c(c(O)c2C[C@H]1O)C(=O)C=CC3=O. The zero-order valence-corrected chi connectivity index (χ0v) is 11.3. The van der Waals surface area contributed by atoms with Gasteiger partial charge in [-0.3, -0.25) is 9.59 Å². The zero-order chi connectivity index (χ0) is 15.5. The number of aliphatic hydroxyl groups is 2. The van der Waals surface area contributed by atoms with Gasteiger partial charge in [0.2, 0.25) is 0 Å². The van der Waals surface area contributed by atoms with E-state index in [4.69, 9.17) is 0 Å². The van der Waals surface area contributed by atoms with E-state index in [1.807, 2.05) is 0 Å². The van der Waals surface area contributed by atoms with Gasteiger partial charge in [-0.2, -0.15) is 0 Å². The van der Waals surface area contributed by atoms with Crippen molar-refractivity contribution in [3.8, 4) is 11.5 Å². The van der Waals surface area contributed by atoms with Crippen LogP contribution in [0.3, 0.4) is 0 Å². The van der Waals surface area contributed by atoms with Gasteiger partial charge in [-0.05, 0) is 19.1 Å². The molecule has 2 aliphatic carbocycles. The third-order valence-corrected chi connectivity index (χ3v) is 4.19. The molecule has 0 spiro atoms. The molecule has 3 rings (SSSR count). The first-order valence-electron chi connectivity index (χ1n) is 6.51. The predicted octanol–water partition coefficient (Wildman–Crippen LogP) is 0.244. The summed E-state index contributed by atoms with van der Waals surface area (Å²) in [4.78, 5) is 23.8. The van der Waals surface area contributed by atoms with E-state index in [1.165, 1.54) is 6.92 Å². The number of ketones is 2. The Morgan fingerprint density at radius 1 is 1.05 bits per heavy atom. The fraction of sp³-hybridized carbons (Fsp3) is 0.333. The van der Waals surface area contributed by atoms with Crippen LogP contribution in [0.15, 0.2) is 12.2 Å². The summed E-state index contributed by atoms with van der Waals surface area (Å²) in [6, 6.07) is 0. The van der Waals surface area contributed by atoms with Gasteiger partial charge in [0.05, 0.1) is 22.8 Å². The highest BCUT2D eigenvalue weighted by Crippen LogP contribution is 2.45. The van der Waals surface area contributed by atoms with E-state index in [0.717, 1.165) is 12.2 Å². The second-order valence-electron chi connectivity index (χ2n) is 5.72. The van der Waals surface area contributed by atoms with Crippen LogP contribution in [-0.4, -0.2) is 43.7 Å². The van der Waals surface area contributed by atoms with E-state index in [1.54, 1.807) is 0 Å². The van der Waals surface area contributed by atoms with Crippen molar-refractivity contribution in [3.05, 3.63) is 34.4 Å². The van der Waals surface area contributed by atoms with Crippen LogP contribution in [0, 0.1) is 0 Å². The van der Waals surface area contributed by atoms with Gasteiger partial charge >= 0.3 is 0 Å². The van der Waals surface area contributed by atoms with Gasteiger partial charge in [-0.15, -0.1) is 0 Å². The molecule has 0 saturated heterocycles. The van der Waals surface area contributed by atoms with E-state index in [9.17, 15) is 30.0 Å². The summed E-state index contributed by atoms with van der Waals surface area (Å²) in [5, 5.41) is 40.6. The molecule has 1 aromatic rings. The van der Waals surface area contributed by atoms with Crippen LogP contribution in [0.4, 0.5) is 0 Å². The van der Waals surface area contributed by atoms with Crippen molar-refractivity contribution < 1.29 is 30.0 Å². The molecule has 110 valence electrons. The molecule has 0 bridgehead atoms. The highest BCUT2D eigenvalue weighted by atomic mass is 16.3. The third kappa shape index (κ3) is 1.80. The maximum atomic E-state index is 11.9. The number of fused-ring (bicyclic) bond motifs is 2. The molecule has 0 amide bonds. The molecular weight excluding hydrogens is 276 g/mol. The molecule has 6 nitrogen and oxygen atoms in total. The lowest BCUT2D eigenvalue weighted by Gasteiger charge is -2.36. The van der Waals surface area contributed by atoms with Crippen LogP contribution in [0.25, 0.3) is 0 Å². The number of phenols is 2. The monoisotopic (exact) mass is 290 g/mol. The minimum Gasteiger partial charge on any atom is -0.507 e. The van der Waals surface area contributed by atoms with Crippen molar-refractivity contribution in [2.45, 2.75) is 31.5 Å². The summed E-state index contributed by atoms with van der Waals surface area (Å²) in [5.41, 5.74) is -1.58. The van der Waals surface area contributed by atoms with Crippen molar-refractivity contribution in [2.75, 3.05) is 0 Å². The smallest absolute Gasteiger partial charge is 0.190 e. The van der Waals surface area contributed by atoms with Crippen molar-refractivity contribution >= 4 is 11.6 Å². The van der Waals surface area contributed by atoms with E-state index in [-0.39, 0.29) is 35.1 Å². The maximum Gasteiger partial charge on any atom is 0.190 e. The van der Waals surface area contributed by atoms with Gasteiger partial charge in [0, 0.05) is 24.0 Å². The molecule has 0 unspecified atom stereocenters. The number of benzene rings is 1. The first-order chi connectivity index (χ1) is 9.74. The summed E-state index contributed by atoms with van der Waals surface area (Å²) in [5.74, 6) is -1.97. The Kier molecular flexibility index (Phi) is 2.73. The van der Waals surface area contributed by atoms with Crippen molar-refractivity contribution in [2.24, 2.45) is 0 Å². The molecule has 0 aliphatic heterocycles. The van der Waals surface area contributed by atoms with Crippen LogP contribution in [0.5, 0.6) is 11.5 Å². The lowest BCUT2D eigenvalue weighted by Crippen LogP contribution is -2.46. The Morgan fingerprint density at radius 2 is 1.52 bits per heavy atom. The third-order valence-electron chi connectivity index (χ3n) is 4.19. The minimum atomic E-state index is -1.48. The maximum absolute atomic E-state index is 11.9. The summed E-state index contributed by atoms with van der Waals surface area (Å²) >= 11 is 0. The van der Waals surface area contributed by atoms with Crippen molar-refractivity contribution in [1.82, 2.24) is 0 Å². The second kappa shape index (κ2) is 4.16. The number of carbonyl (C=O) groups is 2. The molecule has 2 atom stereocenters. The summed E-state index contributed by atoms with van der Waals surface area (Å²) < 4.78 is 0. The van der Waals surface area contributed by atoms with Crippen LogP contribution in [0.2, 0.25) is 0 Å². The standard InChI is InChI=1S/C15H14O6/c1-15(21)5-7-6(4-10(15)18)13(19)11-8(16)2-3-9(17)12(11)14(7)20/h2-3,10,18-21H,4-5H2,1H3/t10-,15+/m1/s1. The first-order valence-corrected chi connectivity index (χ1v) is 6.51. The molecule has 0 radical (unpaired) electrons. The second-order valence-corrected chi connectivity index (χ2v) is 5.72. The molecule has 0 fully saturated rings.